The lowest BCUT2D eigenvalue weighted by molar-refractivity contribution is -0.142. The van der Waals surface area contributed by atoms with E-state index in [1.165, 1.54) is 7.11 Å². The second-order valence-corrected chi connectivity index (χ2v) is 4.03. The Kier molecular flexibility index (Phi) is 7.02. The van der Waals surface area contributed by atoms with Crippen molar-refractivity contribution < 1.29 is 14.3 Å². The molecule has 6 nitrogen and oxygen atoms in total. The third-order valence-electron chi connectivity index (χ3n) is 2.73. The molecular weight excluding hydrogens is 246 g/mol. The van der Waals surface area contributed by atoms with Gasteiger partial charge in [-0.2, -0.15) is 0 Å². The average Bonchev–Trinajstić information content (AvgIpc) is 2.45. The first kappa shape index (κ1) is 15.6. The van der Waals surface area contributed by atoms with Crippen molar-refractivity contribution in [3.63, 3.8) is 0 Å². The van der Waals surface area contributed by atoms with Crippen LogP contribution < -0.4 is 5.73 Å². The highest BCUT2D eigenvalue weighted by Crippen LogP contribution is 2.05. The third kappa shape index (κ3) is 4.94. The second-order valence-electron chi connectivity index (χ2n) is 4.03. The minimum atomic E-state index is -0.624. The van der Waals surface area contributed by atoms with Crippen molar-refractivity contribution in [2.24, 2.45) is 5.73 Å². The van der Waals surface area contributed by atoms with Gasteiger partial charge in [-0.1, -0.05) is 6.07 Å². The number of methoxy groups -OCH3 is 2. The molecule has 1 aromatic rings. The Morgan fingerprint density at radius 1 is 1.47 bits per heavy atom. The lowest BCUT2D eigenvalue weighted by Crippen LogP contribution is -2.44. The number of pyridine rings is 1. The zero-order valence-electron chi connectivity index (χ0n) is 11.4. The molecule has 1 unspecified atom stereocenters. The number of nitrogens with two attached hydrogens (primary N) is 1. The van der Waals surface area contributed by atoms with Crippen molar-refractivity contribution >= 4 is 5.91 Å². The largest absolute Gasteiger partial charge is 0.383 e. The summed E-state index contributed by atoms with van der Waals surface area (Å²) in [5.74, 6) is -0.146. The van der Waals surface area contributed by atoms with Gasteiger partial charge >= 0.3 is 0 Å². The van der Waals surface area contributed by atoms with Crippen LogP contribution in [0.25, 0.3) is 0 Å². The predicted molar refractivity (Wildman–Crippen MR) is 71.4 cm³/mol. The van der Waals surface area contributed by atoms with Crippen LogP contribution in [0.3, 0.4) is 0 Å². The van der Waals surface area contributed by atoms with E-state index >= 15 is 0 Å². The SMILES string of the molecule is COCCN(Cc1ccccn1)C(=O)C(CN)OC. The molecular formula is C13H21N3O3. The van der Waals surface area contributed by atoms with Crippen molar-refractivity contribution in [3.05, 3.63) is 30.1 Å². The summed E-state index contributed by atoms with van der Waals surface area (Å²) < 4.78 is 10.1. The highest BCUT2D eigenvalue weighted by atomic mass is 16.5. The van der Waals surface area contributed by atoms with Gasteiger partial charge in [-0.05, 0) is 12.1 Å². The van der Waals surface area contributed by atoms with E-state index < -0.39 is 6.10 Å². The zero-order chi connectivity index (χ0) is 14.1. The van der Waals surface area contributed by atoms with E-state index in [9.17, 15) is 4.79 Å². The van der Waals surface area contributed by atoms with E-state index in [-0.39, 0.29) is 12.5 Å². The number of hydrogen-bond donors (Lipinski definition) is 1. The maximum Gasteiger partial charge on any atom is 0.253 e. The molecule has 0 aliphatic heterocycles. The highest BCUT2D eigenvalue weighted by Gasteiger charge is 2.23. The van der Waals surface area contributed by atoms with Gasteiger partial charge in [-0.25, -0.2) is 0 Å². The number of amides is 1. The van der Waals surface area contributed by atoms with Crippen LogP contribution in [0.4, 0.5) is 0 Å². The van der Waals surface area contributed by atoms with Gasteiger partial charge < -0.3 is 20.1 Å². The van der Waals surface area contributed by atoms with Gasteiger partial charge in [0.2, 0.25) is 0 Å². The topological polar surface area (TPSA) is 77.7 Å². The predicted octanol–water partition coefficient (Wildman–Crippen LogP) is 0.0303. The summed E-state index contributed by atoms with van der Waals surface area (Å²) in [6, 6.07) is 5.60. The lowest BCUT2D eigenvalue weighted by atomic mass is 10.2. The van der Waals surface area contributed by atoms with Crippen molar-refractivity contribution in [1.29, 1.82) is 0 Å². The van der Waals surface area contributed by atoms with Gasteiger partial charge in [-0.15, -0.1) is 0 Å². The summed E-state index contributed by atoms with van der Waals surface area (Å²) in [5.41, 5.74) is 6.34. The van der Waals surface area contributed by atoms with Crippen LogP contribution in [0, 0.1) is 0 Å². The quantitative estimate of drug-likeness (QED) is 0.719. The number of ether oxygens (including phenoxy) is 2. The van der Waals surface area contributed by atoms with Crippen LogP contribution in [0.1, 0.15) is 5.69 Å². The fraction of sp³-hybridized carbons (Fsp3) is 0.538. The molecule has 2 N–H and O–H groups in total. The molecule has 0 aliphatic rings. The molecule has 106 valence electrons. The molecule has 1 atom stereocenters. The molecule has 0 fully saturated rings. The summed E-state index contributed by atoms with van der Waals surface area (Å²) >= 11 is 0. The molecule has 0 spiro atoms. The Bertz CT molecular complexity index is 369. The van der Waals surface area contributed by atoms with E-state index in [1.54, 1.807) is 18.2 Å². The number of carbonyl (C=O) groups is 1. The summed E-state index contributed by atoms with van der Waals surface area (Å²) in [6.45, 7) is 1.51. The first-order chi connectivity index (χ1) is 9.22. The molecule has 1 aromatic heterocycles. The molecule has 0 saturated carbocycles. The molecule has 1 heterocycles. The molecule has 0 aliphatic carbocycles. The normalized spacial score (nSPS) is 12.2. The monoisotopic (exact) mass is 267 g/mol. The number of aromatic nitrogens is 1. The molecule has 0 aromatic carbocycles. The third-order valence-corrected chi connectivity index (χ3v) is 2.73. The van der Waals surface area contributed by atoms with Crippen LogP contribution in [0.2, 0.25) is 0 Å². The minimum Gasteiger partial charge on any atom is -0.383 e. The van der Waals surface area contributed by atoms with Crippen molar-refractivity contribution in [1.82, 2.24) is 9.88 Å². The van der Waals surface area contributed by atoms with Crippen molar-refractivity contribution in [2.45, 2.75) is 12.6 Å². The molecule has 0 saturated heterocycles. The molecule has 1 rings (SSSR count). The summed E-state index contributed by atoms with van der Waals surface area (Å²) in [5, 5.41) is 0. The highest BCUT2D eigenvalue weighted by molar-refractivity contribution is 5.81. The van der Waals surface area contributed by atoms with Crippen molar-refractivity contribution in [3.8, 4) is 0 Å². The van der Waals surface area contributed by atoms with Crippen LogP contribution in [0.15, 0.2) is 24.4 Å². The van der Waals surface area contributed by atoms with E-state index in [0.717, 1.165) is 5.69 Å². The van der Waals surface area contributed by atoms with Crippen LogP contribution in [-0.4, -0.2) is 55.8 Å². The van der Waals surface area contributed by atoms with E-state index in [1.807, 2.05) is 18.2 Å². The number of nitrogens with zero attached hydrogens (tertiary/aromatic N) is 2. The van der Waals surface area contributed by atoms with Crippen LogP contribution >= 0.6 is 0 Å². The molecule has 19 heavy (non-hydrogen) atoms. The Hall–Kier alpha value is -1.50. The Morgan fingerprint density at radius 3 is 2.79 bits per heavy atom. The van der Waals surface area contributed by atoms with Gasteiger partial charge in [0, 0.05) is 33.5 Å². The van der Waals surface area contributed by atoms with Crippen molar-refractivity contribution in [2.75, 3.05) is 33.9 Å². The molecule has 1 amide bonds. The summed E-state index contributed by atoms with van der Waals surface area (Å²) in [7, 11) is 3.07. The van der Waals surface area contributed by atoms with Gasteiger partial charge in [0.05, 0.1) is 18.8 Å². The molecule has 0 radical (unpaired) electrons. The van der Waals surface area contributed by atoms with E-state index in [0.29, 0.717) is 19.7 Å². The van der Waals surface area contributed by atoms with E-state index in [2.05, 4.69) is 4.98 Å². The summed E-state index contributed by atoms with van der Waals surface area (Å²) in [6.07, 6.45) is 1.07. The van der Waals surface area contributed by atoms with Gasteiger partial charge in [-0.3, -0.25) is 9.78 Å². The van der Waals surface area contributed by atoms with Crippen LogP contribution in [0.5, 0.6) is 0 Å². The lowest BCUT2D eigenvalue weighted by Gasteiger charge is -2.25. The Balaban J connectivity index is 2.73. The first-order valence-electron chi connectivity index (χ1n) is 6.13. The smallest absolute Gasteiger partial charge is 0.253 e. The van der Waals surface area contributed by atoms with E-state index in [4.69, 9.17) is 15.2 Å². The summed E-state index contributed by atoms with van der Waals surface area (Å²) in [4.78, 5) is 18.1. The molecule has 0 bridgehead atoms. The zero-order valence-corrected chi connectivity index (χ0v) is 11.4. The standard InChI is InChI=1S/C13H21N3O3/c1-18-8-7-16(13(17)12(9-14)19-2)10-11-5-3-4-6-15-11/h3-6,12H,7-10,14H2,1-2H3. The van der Waals surface area contributed by atoms with Crippen LogP contribution in [-0.2, 0) is 20.8 Å². The van der Waals surface area contributed by atoms with Gasteiger partial charge in [0.15, 0.2) is 0 Å². The van der Waals surface area contributed by atoms with Gasteiger partial charge in [0.25, 0.3) is 5.91 Å². The van der Waals surface area contributed by atoms with Gasteiger partial charge in [0.1, 0.15) is 6.10 Å². The number of hydrogen-bond acceptors (Lipinski definition) is 5. The fourth-order valence-corrected chi connectivity index (χ4v) is 1.66. The minimum absolute atomic E-state index is 0.146. The maximum atomic E-state index is 12.3. The number of carbonyl (C=O) groups excluding carboxylic acids is 1. The first-order valence-corrected chi connectivity index (χ1v) is 6.13. The maximum absolute atomic E-state index is 12.3. The Morgan fingerprint density at radius 2 is 2.26 bits per heavy atom. The molecule has 6 heteroatoms. The average molecular weight is 267 g/mol. The fourth-order valence-electron chi connectivity index (χ4n) is 1.66. The number of rotatable bonds is 8. The Labute approximate surface area is 113 Å². The second kappa shape index (κ2) is 8.58.